The molecule has 0 bridgehead atoms. The molecule has 0 radical (unpaired) electrons. The van der Waals surface area contributed by atoms with Gasteiger partial charge in [-0.2, -0.15) is 11.8 Å². The summed E-state index contributed by atoms with van der Waals surface area (Å²) in [4.78, 5) is 14.1. The Labute approximate surface area is 135 Å². The van der Waals surface area contributed by atoms with Crippen LogP contribution in [0.5, 0.6) is 0 Å². The number of carbonyl (C=O) groups excluding carboxylic acids is 1. The molecule has 1 aliphatic rings. The first-order valence-electron chi connectivity index (χ1n) is 7.47. The van der Waals surface area contributed by atoms with Gasteiger partial charge in [0, 0.05) is 31.0 Å². The van der Waals surface area contributed by atoms with Crippen LogP contribution >= 0.6 is 11.8 Å². The Bertz CT molecular complexity index is 531. The van der Waals surface area contributed by atoms with Crippen LogP contribution in [0, 0.1) is 5.82 Å². The first-order chi connectivity index (χ1) is 10.4. The van der Waals surface area contributed by atoms with Crippen molar-refractivity contribution in [2.45, 2.75) is 25.4 Å². The van der Waals surface area contributed by atoms with Gasteiger partial charge in [0.05, 0.1) is 11.3 Å². The maximum absolute atomic E-state index is 14.2. The molecular formula is C16H23FN2O2S. The largest absolute Gasteiger partial charge is 0.387 e. The third-order valence-electron chi connectivity index (χ3n) is 3.74. The van der Waals surface area contributed by atoms with Crippen molar-refractivity contribution in [2.75, 3.05) is 36.5 Å². The maximum atomic E-state index is 14.2. The normalized spacial score (nSPS) is 17.4. The fourth-order valence-corrected chi connectivity index (χ4v) is 3.32. The van der Waals surface area contributed by atoms with Crippen molar-refractivity contribution >= 4 is 23.4 Å². The van der Waals surface area contributed by atoms with Crippen LogP contribution < -0.4 is 10.2 Å². The van der Waals surface area contributed by atoms with E-state index >= 15 is 0 Å². The molecule has 2 N–H and O–H groups in total. The summed E-state index contributed by atoms with van der Waals surface area (Å²) in [6, 6.07) is 4.57. The van der Waals surface area contributed by atoms with Gasteiger partial charge in [-0.15, -0.1) is 0 Å². The number of nitrogens with zero attached hydrogens (tertiary/aromatic N) is 1. The van der Waals surface area contributed by atoms with Crippen LogP contribution in [0.15, 0.2) is 18.2 Å². The highest BCUT2D eigenvalue weighted by atomic mass is 32.2. The SMILES string of the molecule is CSCC(C)(O)CNC(=O)c1ccc(N2CCCC2)c(F)c1. The predicted octanol–water partition coefficient (Wildman–Crippen LogP) is 2.27. The Kier molecular flexibility index (Phi) is 5.69. The zero-order valence-corrected chi connectivity index (χ0v) is 13.9. The van der Waals surface area contributed by atoms with Crippen LogP contribution in [0.25, 0.3) is 0 Å². The highest BCUT2D eigenvalue weighted by molar-refractivity contribution is 7.98. The smallest absolute Gasteiger partial charge is 0.251 e. The lowest BCUT2D eigenvalue weighted by Gasteiger charge is -2.22. The molecule has 1 unspecified atom stereocenters. The summed E-state index contributed by atoms with van der Waals surface area (Å²) in [5.74, 6) is -0.214. The second-order valence-corrected chi connectivity index (χ2v) is 6.84. The minimum Gasteiger partial charge on any atom is -0.387 e. The quantitative estimate of drug-likeness (QED) is 0.842. The molecule has 1 amide bonds. The van der Waals surface area contributed by atoms with Gasteiger partial charge in [0.1, 0.15) is 5.82 Å². The van der Waals surface area contributed by atoms with Gasteiger partial charge in [-0.3, -0.25) is 4.79 Å². The summed E-state index contributed by atoms with van der Waals surface area (Å²) in [5.41, 5.74) is -0.132. The van der Waals surface area contributed by atoms with Gasteiger partial charge >= 0.3 is 0 Å². The molecule has 1 saturated heterocycles. The first kappa shape index (κ1) is 17.1. The lowest BCUT2D eigenvalue weighted by molar-refractivity contribution is 0.0725. The molecule has 4 nitrogen and oxygen atoms in total. The van der Waals surface area contributed by atoms with Crippen LogP contribution in [0.2, 0.25) is 0 Å². The van der Waals surface area contributed by atoms with Crippen LogP contribution in [0.1, 0.15) is 30.1 Å². The molecule has 6 heteroatoms. The van der Waals surface area contributed by atoms with Gasteiger partial charge in [0.25, 0.3) is 5.91 Å². The Morgan fingerprint density at radius 2 is 2.14 bits per heavy atom. The van der Waals surface area contributed by atoms with Crippen molar-refractivity contribution in [1.82, 2.24) is 5.32 Å². The molecule has 1 aromatic carbocycles. The minimum atomic E-state index is -0.969. The van der Waals surface area contributed by atoms with E-state index in [2.05, 4.69) is 5.32 Å². The number of thioether (sulfide) groups is 1. The van der Waals surface area contributed by atoms with E-state index in [4.69, 9.17) is 0 Å². The topological polar surface area (TPSA) is 52.6 Å². The van der Waals surface area contributed by atoms with E-state index in [-0.39, 0.29) is 23.8 Å². The number of hydrogen-bond acceptors (Lipinski definition) is 4. The Balaban J connectivity index is 2.00. The highest BCUT2D eigenvalue weighted by Gasteiger charge is 2.22. The fourth-order valence-electron chi connectivity index (χ4n) is 2.60. The number of aliphatic hydroxyl groups is 1. The predicted molar refractivity (Wildman–Crippen MR) is 89.2 cm³/mol. The average molecular weight is 326 g/mol. The highest BCUT2D eigenvalue weighted by Crippen LogP contribution is 2.24. The van der Waals surface area contributed by atoms with Crippen molar-refractivity contribution in [3.05, 3.63) is 29.6 Å². The van der Waals surface area contributed by atoms with Crippen molar-refractivity contribution in [3.8, 4) is 0 Å². The van der Waals surface area contributed by atoms with E-state index in [1.54, 1.807) is 19.1 Å². The molecule has 0 aliphatic carbocycles. The number of rotatable bonds is 6. The number of nitrogens with one attached hydrogen (secondary N) is 1. The Morgan fingerprint density at radius 1 is 1.45 bits per heavy atom. The molecule has 1 atom stereocenters. The number of carbonyl (C=O) groups is 1. The van der Waals surface area contributed by atoms with Crippen molar-refractivity contribution in [1.29, 1.82) is 0 Å². The third-order valence-corrected chi connectivity index (χ3v) is 4.65. The maximum Gasteiger partial charge on any atom is 0.251 e. The van der Waals surface area contributed by atoms with Crippen molar-refractivity contribution in [3.63, 3.8) is 0 Å². The fraction of sp³-hybridized carbons (Fsp3) is 0.562. The standard InChI is InChI=1S/C16H23FN2O2S/c1-16(21,11-22-2)10-18-15(20)12-5-6-14(13(17)9-12)19-7-3-4-8-19/h5-6,9,21H,3-4,7-8,10-11H2,1-2H3,(H,18,20). The summed E-state index contributed by atoms with van der Waals surface area (Å²) < 4.78 is 14.2. The Morgan fingerprint density at radius 3 is 2.73 bits per heavy atom. The van der Waals surface area contributed by atoms with Gasteiger partial charge in [-0.05, 0) is 44.2 Å². The Hall–Kier alpha value is -1.27. The molecule has 0 saturated carbocycles. The van der Waals surface area contributed by atoms with E-state index < -0.39 is 5.60 Å². The average Bonchev–Trinajstić information content (AvgIpc) is 2.98. The zero-order chi connectivity index (χ0) is 16.2. The van der Waals surface area contributed by atoms with Crippen LogP contribution in [-0.4, -0.2) is 48.3 Å². The minimum absolute atomic E-state index is 0.141. The van der Waals surface area contributed by atoms with E-state index in [1.807, 2.05) is 11.2 Å². The van der Waals surface area contributed by atoms with Gasteiger partial charge in [-0.1, -0.05) is 0 Å². The monoisotopic (exact) mass is 326 g/mol. The van der Waals surface area contributed by atoms with E-state index in [1.165, 1.54) is 17.8 Å². The lowest BCUT2D eigenvalue weighted by Crippen LogP contribution is -2.42. The van der Waals surface area contributed by atoms with E-state index in [0.717, 1.165) is 25.9 Å². The molecule has 1 aromatic rings. The molecule has 2 rings (SSSR count). The van der Waals surface area contributed by atoms with Gasteiger partial charge < -0.3 is 15.3 Å². The summed E-state index contributed by atoms with van der Waals surface area (Å²) in [6.07, 6.45) is 4.04. The number of benzene rings is 1. The lowest BCUT2D eigenvalue weighted by atomic mass is 10.1. The second kappa shape index (κ2) is 7.33. The number of halogens is 1. The van der Waals surface area contributed by atoms with E-state index in [0.29, 0.717) is 11.4 Å². The van der Waals surface area contributed by atoms with Gasteiger partial charge in [-0.25, -0.2) is 4.39 Å². The molecule has 0 aromatic heterocycles. The molecule has 22 heavy (non-hydrogen) atoms. The molecule has 122 valence electrons. The first-order valence-corrected chi connectivity index (χ1v) is 8.86. The molecule has 1 heterocycles. The third kappa shape index (κ3) is 4.36. The van der Waals surface area contributed by atoms with Crippen molar-refractivity contribution in [2.24, 2.45) is 0 Å². The second-order valence-electron chi connectivity index (χ2n) is 5.97. The molecule has 1 fully saturated rings. The van der Waals surface area contributed by atoms with Crippen LogP contribution in [0.3, 0.4) is 0 Å². The van der Waals surface area contributed by atoms with Crippen LogP contribution in [-0.2, 0) is 0 Å². The van der Waals surface area contributed by atoms with E-state index in [9.17, 15) is 14.3 Å². The molecule has 0 spiro atoms. The summed E-state index contributed by atoms with van der Waals surface area (Å²) in [5, 5.41) is 12.7. The summed E-state index contributed by atoms with van der Waals surface area (Å²) in [7, 11) is 0. The molecule has 1 aliphatic heterocycles. The summed E-state index contributed by atoms with van der Waals surface area (Å²) >= 11 is 1.51. The number of anilines is 1. The van der Waals surface area contributed by atoms with Crippen molar-refractivity contribution < 1.29 is 14.3 Å². The number of amides is 1. The number of hydrogen-bond donors (Lipinski definition) is 2. The van der Waals surface area contributed by atoms with Gasteiger partial charge in [0.15, 0.2) is 0 Å². The molecular weight excluding hydrogens is 303 g/mol. The van der Waals surface area contributed by atoms with Crippen LogP contribution in [0.4, 0.5) is 10.1 Å². The summed E-state index contributed by atoms with van der Waals surface area (Å²) in [6.45, 7) is 3.53. The zero-order valence-electron chi connectivity index (χ0n) is 13.1. The van der Waals surface area contributed by atoms with Gasteiger partial charge in [0.2, 0.25) is 0 Å².